The Hall–Kier alpha value is -1.23. The number of ketones is 2. The monoisotopic (exact) mass is 294 g/mol. The van der Waals surface area contributed by atoms with Crippen LogP contribution in [0.2, 0.25) is 0 Å². The normalized spacial score (nSPS) is 32.3. The third-order valence-electron chi connectivity index (χ3n) is 4.72. The number of hydrogen-bond donors (Lipinski definition) is 1. The van der Waals surface area contributed by atoms with E-state index in [9.17, 15) is 14.4 Å². The first-order chi connectivity index (χ1) is 10.1. The lowest BCUT2D eigenvalue weighted by atomic mass is 9.82. The first kappa shape index (κ1) is 16.1. The van der Waals surface area contributed by atoms with Crippen LogP contribution >= 0.6 is 0 Å². The van der Waals surface area contributed by atoms with E-state index in [2.05, 4.69) is 10.2 Å². The number of piperidine rings is 1. The first-order valence-corrected chi connectivity index (χ1v) is 8.11. The molecule has 1 amide bonds. The number of nitrogens with zero attached hydrogens (tertiary/aromatic N) is 1. The van der Waals surface area contributed by atoms with Crippen LogP contribution in [0.5, 0.6) is 0 Å². The molecule has 0 spiro atoms. The predicted molar refractivity (Wildman–Crippen MR) is 79.8 cm³/mol. The SMILES string of the molecule is CC(=O)C1CCCCNC(=O)CCN2CCC(CC2)C1=O. The highest BCUT2D eigenvalue weighted by Gasteiger charge is 2.32. The number of amides is 1. The Balaban J connectivity index is 2.03. The van der Waals surface area contributed by atoms with Crippen LogP contribution in [0.3, 0.4) is 0 Å². The Morgan fingerprint density at radius 1 is 1.10 bits per heavy atom. The largest absolute Gasteiger partial charge is 0.356 e. The summed E-state index contributed by atoms with van der Waals surface area (Å²) in [6.45, 7) is 4.65. The van der Waals surface area contributed by atoms with Gasteiger partial charge in [0.1, 0.15) is 11.6 Å². The molecule has 2 bridgehead atoms. The van der Waals surface area contributed by atoms with Crippen molar-refractivity contribution >= 4 is 17.5 Å². The van der Waals surface area contributed by atoms with Gasteiger partial charge in [0.15, 0.2) is 0 Å². The van der Waals surface area contributed by atoms with Crippen molar-refractivity contribution in [1.29, 1.82) is 0 Å². The van der Waals surface area contributed by atoms with Crippen LogP contribution < -0.4 is 5.32 Å². The van der Waals surface area contributed by atoms with E-state index in [1.54, 1.807) is 0 Å². The molecule has 0 aromatic heterocycles. The Bertz CT molecular complexity index is 400. The zero-order chi connectivity index (χ0) is 15.2. The number of fused-ring (bicyclic) bond motifs is 11. The third kappa shape index (κ3) is 4.63. The topological polar surface area (TPSA) is 66.5 Å². The number of carbonyl (C=O) groups excluding carboxylic acids is 3. The lowest BCUT2D eigenvalue weighted by Crippen LogP contribution is -2.41. The number of Topliss-reactive ketones (excluding diaryl/α,β-unsaturated/α-hetero) is 2. The van der Waals surface area contributed by atoms with Crippen LogP contribution in [0, 0.1) is 11.8 Å². The fourth-order valence-electron chi connectivity index (χ4n) is 3.32. The number of hydrogen-bond acceptors (Lipinski definition) is 4. The van der Waals surface area contributed by atoms with Crippen molar-refractivity contribution in [2.45, 2.75) is 45.4 Å². The highest BCUT2D eigenvalue weighted by molar-refractivity contribution is 6.02. The predicted octanol–water partition coefficient (Wildman–Crippen LogP) is 1.16. The smallest absolute Gasteiger partial charge is 0.221 e. The zero-order valence-electron chi connectivity index (χ0n) is 12.9. The highest BCUT2D eigenvalue weighted by Crippen LogP contribution is 2.24. The van der Waals surface area contributed by atoms with Crippen LogP contribution in [0.15, 0.2) is 0 Å². The van der Waals surface area contributed by atoms with Crippen LogP contribution in [0.4, 0.5) is 0 Å². The van der Waals surface area contributed by atoms with E-state index in [0.717, 1.165) is 45.3 Å². The molecular weight excluding hydrogens is 268 g/mol. The van der Waals surface area contributed by atoms with Gasteiger partial charge in [0.05, 0.1) is 5.92 Å². The molecular formula is C16H26N2O3. The van der Waals surface area contributed by atoms with Gasteiger partial charge in [-0.2, -0.15) is 0 Å². The summed E-state index contributed by atoms with van der Waals surface area (Å²) in [5.41, 5.74) is 0. The summed E-state index contributed by atoms with van der Waals surface area (Å²) in [7, 11) is 0. The van der Waals surface area contributed by atoms with E-state index in [0.29, 0.717) is 19.4 Å². The number of carbonyl (C=O) groups is 3. The van der Waals surface area contributed by atoms with Gasteiger partial charge in [-0.25, -0.2) is 0 Å². The van der Waals surface area contributed by atoms with Gasteiger partial charge in [-0.3, -0.25) is 14.4 Å². The molecule has 3 heterocycles. The van der Waals surface area contributed by atoms with Gasteiger partial charge in [0.2, 0.25) is 5.91 Å². The number of rotatable bonds is 1. The maximum atomic E-state index is 12.6. The number of nitrogens with one attached hydrogen (secondary N) is 1. The average molecular weight is 294 g/mol. The van der Waals surface area contributed by atoms with E-state index >= 15 is 0 Å². The van der Waals surface area contributed by atoms with E-state index in [1.165, 1.54) is 6.92 Å². The fourth-order valence-corrected chi connectivity index (χ4v) is 3.32. The molecule has 0 aliphatic carbocycles. The second kappa shape index (κ2) is 7.69. The molecule has 0 aromatic rings. The summed E-state index contributed by atoms with van der Waals surface area (Å²) in [4.78, 5) is 38.3. The molecule has 0 aromatic carbocycles. The van der Waals surface area contributed by atoms with Gasteiger partial charge in [0.25, 0.3) is 0 Å². The minimum absolute atomic E-state index is 0.00133. The summed E-state index contributed by atoms with van der Waals surface area (Å²) < 4.78 is 0. The molecule has 21 heavy (non-hydrogen) atoms. The second-order valence-electron chi connectivity index (χ2n) is 6.28. The first-order valence-electron chi connectivity index (χ1n) is 8.11. The van der Waals surface area contributed by atoms with Gasteiger partial charge in [-0.15, -0.1) is 0 Å². The molecule has 3 aliphatic heterocycles. The van der Waals surface area contributed by atoms with Crippen molar-refractivity contribution in [3.8, 4) is 0 Å². The van der Waals surface area contributed by atoms with Crippen LogP contribution in [-0.2, 0) is 14.4 Å². The fraction of sp³-hybridized carbons (Fsp3) is 0.812. The molecule has 118 valence electrons. The quantitative estimate of drug-likeness (QED) is 0.737. The van der Waals surface area contributed by atoms with Crippen molar-refractivity contribution in [1.82, 2.24) is 10.2 Å². The maximum Gasteiger partial charge on any atom is 0.221 e. The van der Waals surface area contributed by atoms with Gasteiger partial charge < -0.3 is 10.2 Å². The zero-order valence-corrected chi connectivity index (χ0v) is 12.9. The molecule has 1 N–H and O–H groups in total. The average Bonchev–Trinajstić information content (AvgIpc) is 2.47. The van der Waals surface area contributed by atoms with Crippen molar-refractivity contribution in [3.63, 3.8) is 0 Å². The van der Waals surface area contributed by atoms with Gasteiger partial charge in [-0.05, 0) is 45.7 Å². The minimum atomic E-state index is -0.430. The molecule has 5 nitrogen and oxygen atoms in total. The molecule has 0 saturated carbocycles. The summed E-state index contributed by atoms with van der Waals surface area (Å²) in [6, 6.07) is 0. The van der Waals surface area contributed by atoms with Crippen molar-refractivity contribution < 1.29 is 14.4 Å². The van der Waals surface area contributed by atoms with Crippen molar-refractivity contribution in [2.24, 2.45) is 11.8 Å². The van der Waals surface area contributed by atoms with E-state index in [4.69, 9.17) is 0 Å². The van der Waals surface area contributed by atoms with Crippen LogP contribution in [-0.4, -0.2) is 48.6 Å². The van der Waals surface area contributed by atoms with Gasteiger partial charge in [0, 0.05) is 25.4 Å². The maximum absolute atomic E-state index is 12.6. The Labute approximate surface area is 126 Å². The third-order valence-corrected chi connectivity index (χ3v) is 4.72. The molecule has 0 radical (unpaired) electrons. The van der Waals surface area contributed by atoms with E-state index in [1.807, 2.05) is 0 Å². The van der Waals surface area contributed by atoms with E-state index < -0.39 is 5.92 Å². The van der Waals surface area contributed by atoms with Crippen molar-refractivity contribution in [3.05, 3.63) is 0 Å². The molecule has 3 aliphatic rings. The Kier molecular flexibility index (Phi) is 5.91. The van der Waals surface area contributed by atoms with Gasteiger partial charge >= 0.3 is 0 Å². The summed E-state index contributed by atoms with van der Waals surface area (Å²) in [6.07, 6.45) is 4.46. The molecule has 1 atom stereocenters. The van der Waals surface area contributed by atoms with Crippen molar-refractivity contribution in [2.75, 3.05) is 26.2 Å². The van der Waals surface area contributed by atoms with Crippen LogP contribution in [0.25, 0.3) is 0 Å². The standard InChI is InChI=1S/C16H26N2O3/c1-12(19)14-4-2-3-8-17-15(20)7-11-18-9-5-13(6-10-18)16(14)21/h13-14H,2-11H2,1H3,(H,17,20). The Morgan fingerprint density at radius 2 is 1.81 bits per heavy atom. The highest BCUT2D eigenvalue weighted by atomic mass is 16.2. The minimum Gasteiger partial charge on any atom is -0.356 e. The lowest BCUT2D eigenvalue weighted by molar-refractivity contribution is -0.135. The lowest BCUT2D eigenvalue weighted by Gasteiger charge is -2.32. The molecule has 3 saturated heterocycles. The molecule has 5 heteroatoms. The summed E-state index contributed by atoms with van der Waals surface area (Å²) in [5.74, 6) is -0.137. The van der Waals surface area contributed by atoms with Crippen LogP contribution in [0.1, 0.15) is 45.4 Å². The summed E-state index contributed by atoms with van der Waals surface area (Å²) >= 11 is 0. The molecule has 3 fully saturated rings. The second-order valence-corrected chi connectivity index (χ2v) is 6.28. The van der Waals surface area contributed by atoms with E-state index in [-0.39, 0.29) is 23.4 Å². The molecule has 3 rings (SSSR count). The summed E-state index contributed by atoms with van der Waals surface area (Å²) in [5, 5.41) is 2.91. The molecule has 1 unspecified atom stereocenters. The van der Waals surface area contributed by atoms with Gasteiger partial charge in [-0.1, -0.05) is 6.42 Å². The Morgan fingerprint density at radius 3 is 2.48 bits per heavy atom.